The van der Waals surface area contributed by atoms with Crippen LogP contribution >= 0.6 is 34.4 Å². The highest BCUT2D eigenvalue weighted by atomic mass is 32.2. The zero-order chi connectivity index (χ0) is 30.6. The molecule has 224 valence electrons. The molecule has 2 unspecified atom stereocenters. The average Bonchev–Trinajstić information content (AvgIpc) is 3.64. The van der Waals surface area contributed by atoms with Crippen molar-refractivity contribution in [1.82, 2.24) is 0 Å². The lowest BCUT2D eigenvalue weighted by Crippen LogP contribution is -2.26. The minimum Gasteiger partial charge on any atom is -0.462 e. The highest BCUT2D eigenvalue weighted by molar-refractivity contribution is 8.00. The van der Waals surface area contributed by atoms with Gasteiger partial charge in [-0.3, -0.25) is 9.59 Å². The number of ether oxygens (including phenoxy) is 1. The third-order valence-electron chi connectivity index (χ3n) is 7.64. The van der Waals surface area contributed by atoms with E-state index in [0.717, 1.165) is 40.2 Å². The Morgan fingerprint density at radius 1 is 1.02 bits per heavy atom. The van der Waals surface area contributed by atoms with Crippen molar-refractivity contribution >= 4 is 62.9 Å². The molecule has 2 amide bonds. The van der Waals surface area contributed by atoms with Crippen LogP contribution < -0.4 is 10.6 Å². The molecule has 9 heteroatoms. The van der Waals surface area contributed by atoms with E-state index in [1.807, 2.05) is 66.0 Å². The van der Waals surface area contributed by atoms with Crippen LogP contribution in [0.3, 0.4) is 0 Å². The summed E-state index contributed by atoms with van der Waals surface area (Å²) in [5, 5.41) is 7.91. The fourth-order valence-corrected chi connectivity index (χ4v) is 8.32. The van der Waals surface area contributed by atoms with Gasteiger partial charge in [0.2, 0.25) is 5.91 Å². The fourth-order valence-electron chi connectivity index (χ4n) is 5.29. The van der Waals surface area contributed by atoms with E-state index in [4.69, 9.17) is 4.74 Å². The molecule has 0 saturated heterocycles. The Hall–Kier alpha value is -3.40. The number of anilines is 2. The number of amides is 2. The molecule has 43 heavy (non-hydrogen) atoms. The molecule has 2 heterocycles. The van der Waals surface area contributed by atoms with Gasteiger partial charge in [0, 0.05) is 15.5 Å². The number of hydrogen-bond donors (Lipinski definition) is 2. The van der Waals surface area contributed by atoms with Crippen molar-refractivity contribution in [3.8, 4) is 0 Å². The van der Waals surface area contributed by atoms with Crippen molar-refractivity contribution < 1.29 is 19.1 Å². The second-order valence-electron chi connectivity index (χ2n) is 11.6. The van der Waals surface area contributed by atoms with Gasteiger partial charge in [-0.1, -0.05) is 63.2 Å². The maximum absolute atomic E-state index is 14.1. The van der Waals surface area contributed by atoms with E-state index in [1.165, 1.54) is 34.4 Å². The van der Waals surface area contributed by atoms with E-state index in [2.05, 4.69) is 31.4 Å². The van der Waals surface area contributed by atoms with Crippen LogP contribution in [0, 0.1) is 11.3 Å². The first-order valence-corrected chi connectivity index (χ1v) is 17.0. The van der Waals surface area contributed by atoms with Gasteiger partial charge in [-0.05, 0) is 78.3 Å². The Bertz CT molecular complexity index is 1590. The topological polar surface area (TPSA) is 84.5 Å². The standard InChI is InChI=1S/C34H36N2O4S3/c1-5-40-33(39)28-25-17-16-22(34(2,3)4)19-27(25)43-32(28)36-31(38)29(21-11-7-6-8-12-21)42-24-14-9-13-23(20-24)35-30(37)26-15-10-18-41-26/h6-15,18,20,22,29H,5,16-17,19H2,1-4H3,(H,35,37)(H,36,38). The molecule has 1 aliphatic carbocycles. The second kappa shape index (κ2) is 13.5. The molecule has 0 aliphatic heterocycles. The molecule has 4 aromatic rings. The maximum atomic E-state index is 14.1. The summed E-state index contributed by atoms with van der Waals surface area (Å²) in [4.78, 5) is 42.5. The zero-order valence-corrected chi connectivity index (χ0v) is 27.2. The molecule has 5 rings (SSSR count). The number of thiophene rings is 2. The van der Waals surface area contributed by atoms with Crippen molar-refractivity contribution in [3.63, 3.8) is 0 Å². The van der Waals surface area contributed by atoms with E-state index in [1.54, 1.807) is 13.0 Å². The molecule has 0 fully saturated rings. The third kappa shape index (κ3) is 7.40. The van der Waals surface area contributed by atoms with Crippen molar-refractivity contribution in [1.29, 1.82) is 0 Å². The molecule has 0 radical (unpaired) electrons. The second-order valence-corrected chi connectivity index (χ2v) is 14.8. The maximum Gasteiger partial charge on any atom is 0.341 e. The minimum absolute atomic E-state index is 0.155. The zero-order valence-electron chi connectivity index (χ0n) is 24.8. The highest BCUT2D eigenvalue weighted by Crippen LogP contribution is 2.45. The van der Waals surface area contributed by atoms with Crippen LogP contribution in [0.2, 0.25) is 0 Å². The number of thioether (sulfide) groups is 1. The van der Waals surface area contributed by atoms with Gasteiger partial charge in [-0.25, -0.2) is 4.79 Å². The predicted octanol–water partition coefficient (Wildman–Crippen LogP) is 8.86. The molecular weight excluding hydrogens is 597 g/mol. The van der Waals surface area contributed by atoms with Crippen LogP contribution in [-0.2, 0) is 22.4 Å². The molecular formula is C34H36N2O4S3. The number of carbonyl (C=O) groups is 3. The Labute approximate surface area is 265 Å². The molecule has 2 aromatic carbocycles. The number of rotatable bonds is 9. The Morgan fingerprint density at radius 2 is 1.81 bits per heavy atom. The molecule has 0 saturated carbocycles. The fraction of sp³-hybridized carbons (Fsp3) is 0.324. The summed E-state index contributed by atoms with van der Waals surface area (Å²) >= 11 is 4.28. The number of benzene rings is 2. The lowest BCUT2D eigenvalue weighted by Gasteiger charge is -2.33. The number of fused-ring (bicyclic) bond motifs is 1. The van der Waals surface area contributed by atoms with Crippen molar-refractivity contribution in [2.75, 3.05) is 17.2 Å². The van der Waals surface area contributed by atoms with E-state index >= 15 is 0 Å². The molecule has 1 aliphatic rings. The Balaban J connectivity index is 1.42. The van der Waals surface area contributed by atoms with Crippen LogP contribution in [0.15, 0.2) is 77.0 Å². The van der Waals surface area contributed by atoms with Crippen LogP contribution in [-0.4, -0.2) is 24.4 Å². The van der Waals surface area contributed by atoms with Crippen molar-refractivity contribution in [3.05, 3.63) is 98.6 Å². The first-order chi connectivity index (χ1) is 20.6. The summed E-state index contributed by atoms with van der Waals surface area (Å²) in [5.41, 5.74) is 3.15. The summed E-state index contributed by atoms with van der Waals surface area (Å²) in [7, 11) is 0. The Kier molecular flexibility index (Phi) is 9.74. The predicted molar refractivity (Wildman–Crippen MR) is 178 cm³/mol. The van der Waals surface area contributed by atoms with Gasteiger partial charge >= 0.3 is 5.97 Å². The summed E-state index contributed by atoms with van der Waals surface area (Å²) < 4.78 is 5.46. The van der Waals surface area contributed by atoms with Gasteiger partial charge in [-0.2, -0.15) is 0 Å². The van der Waals surface area contributed by atoms with Crippen LogP contribution in [0.25, 0.3) is 0 Å². The van der Waals surface area contributed by atoms with Crippen LogP contribution in [0.4, 0.5) is 10.7 Å². The number of nitrogens with one attached hydrogen (secondary N) is 2. The van der Waals surface area contributed by atoms with Gasteiger partial charge in [0.05, 0.1) is 17.0 Å². The van der Waals surface area contributed by atoms with Gasteiger partial charge in [-0.15, -0.1) is 34.4 Å². The van der Waals surface area contributed by atoms with Crippen molar-refractivity contribution in [2.24, 2.45) is 11.3 Å². The molecule has 2 atom stereocenters. The normalized spacial score (nSPS) is 15.3. The lowest BCUT2D eigenvalue weighted by molar-refractivity contribution is -0.115. The molecule has 0 spiro atoms. The van der Waals surface area contributed by atoms with E-state index in [-0.39, 0.29) is 29.8 Å². The Morgan fingerprint density at radius 3 is 2.51 bits per heavy atom. The first kappa shape index (κ1) is 31.0. The molecule has 6 nitrogen and oxygen atoms in total. The van der Waals surface area contributed by atoms with Crippen LogP contribution in [0.1, 0.15) is 75.4 Å². The van der Waals surface area contributed by atoms with E-state index in [9.17, 15) is 14.4 Å². The lowest BCUT2D eigenvalue weighted by atomic mass is 9.72. The quantitative estimate of drug-likeness (QED) is 0.142. The molecule has 2 aromatic heterocycles. The van der Waals surface area contributed by atoms with E-state index < -0.39 is 5.25 Å². The summed E-state index contributed by atoms with van der Waals surface area (Å²) in [5.74, 6) is -0.280. The first-order valence-electron chi connectivity index (χ1n) is 14.4. The minimum atomic E-state index is -0.596. The van der Waals surface area contributed by atoms with E-state index in [0.29, 0.717) is 27.0 Å². The highest BCUT2D eigenvalue weighted by Gasteiger charge is 2.35. The van der Waals surface area contributed by atoms with Gasteiger partial charge < -0.3 is 15.4 Å². The largest absolute Gasteiger partial charge is 0.462 e. The smallest absolute Gasteiger partial charge is 0.341 e. The average molecular weight is 633 g/mol. The molecule has 2 N–H and O–H groups in total. The monoisotopic (exact) mass is 632 g/mol. The number of carbonyl (C=O) groups excluding carboxylic acids is 3. The van der Waals surface area contributed by atoms with Gasteiger partial charge in [0.1, 0.15) is 10.3 Å². The van der Waals surface area contributed by atoms with Gasteiger partial charge in [0.25, 0.3) is 5.91 Å². The molecule has 0 bridgehead atoms. The summed E-state index contributed by atoms with van der Waals surface area (Å²) in [6, 6.07) is 20.7. The van der Waals surface area contributed by atoms with Crippen LogP contribution in [0.5, 0.6) is 0 Å². The third-order valence-corrected chi connectivity index (χ3v) is 10.9. The summed E-state index contributed by atoms with van der Waals surface area (Å²) in [6.45, 7) is 8.84. The SMILES string of the molecule is CCOC(=O)c1c(NC(=O)C(Sc2cccc(NC(=O)c3cccs3)c2)c2ccccc2)sc2c1CCC(C(C)(C)C)C2. The number of esters is 1. The summed E-state index contributed by atoms with van der Waals surface area (Å²) in [6.07, 6.45) is 2.67. The van der Waals surface area contributed by atoms with Gasteiger partial charge in [0.15, 0.2) is 0 Å². The van der Waals surface area contributed by atoms with Crippen molar-refractivity contribution in [2.45, 2.75) is 57.1 Å². The number of hydrogen-bond acceptors (Lipinski definition) is 7.